The SMILES string of the molecule is CC(C)OCCN(C)c1nc2c(N)cccc2o1. The maximum atomic E-state index is 5.84. The van der Waals surface area contributed by atoms with Gasteiger partial charge in [0, 0.05) is 13.6 Å². The summed E-state index contributed by atoms with van der Waals surface area (Å²) in [4.78, 5) is 6.31. The molecule has 0 saturated heterocycles. The average molecular weight is 249 g/mol. The number of fused-ring (bicyclic) bond motifs is 1. The quantitative estimate of drug-likeness (QED) is 0.823. The summed E-state index contributed by atoms with van der Waals surface area (Å²) in [5.41, 5.74) is 7.90. The lowest BCUT2D eigenvalue weighted by atomic mass is 10.3. The molecule has 0 aliphatic carbocycles. The summed E-state index contributed by atoms with van der Waals surface area (Å²) in [7, 11) is 1.92. The molecule has 1 heterocycles. The standard InChI is InChI=1S/C13H19N3O2/c1-9(2)17-8-7-16(3)13-15-12-10(14)5-4-6-11(12)18-13/h4-6,9H,7-8,14H2,1-3H3. The third-order valence-electron chi connectivity index (χ3n) is 2.64. The van der Waals surface area contributed by atoms with Crippen LogP contribution in [0.25, 0.3) is 11.1 Å². The van der Waals surface area contributed by atoms with Gasteiger partial charge in [-0.25, -0.2) is 0 Å². The van der Waals surface area contributed by atoms with E-state index in [-0.39, 0.29) is 6.10 Å². The molecule has 0 amide bonds. The fourth-order valence-corrected chi connectivity index (χ4v) is 1.64. The summed E-state index contributed by atoms with van der Waals surface area (Å²) in [5, 5.41) is 0. The van der Waals surface area contributed by atoms with Gasteiger partial charge in [0.1, 0.15) is 5.52 Å². The number of nitrogens with two attached hydrogens (primary N) is 1. The average Bonchev–Trinajstić information content (AvgIpc) is 2.74. The van der Waals surface area contributed by atoms with Crippen LogP contribution < -0.4 is 10.6 Å². The predicted octanol–water partition coefficient (Wildman–Crippen LogP) is 2.27. The minimum Gasteiger partial charge on any atom is -0.423 e. The molecule has 0 aliphatic rings. The van der Waals surface area contributed by atoms with E-state index < -0.39 is 0 Å². The first-order valence-corrected chi connectivity index (χ1v) is 6.05. The molecule has 5 nitrogen and oxygen atoms in total. The lowest BCUT2D eigenvalue weighted by molar-refractivity contribution is 0.0842. The molecular weight excluding hydrogens is 230 g/mol. The lowest BCUT2D eigenvalue weighted by Gasteiger charge is -2.15. The van der Waals surface area contributed by atoms with Crippen LogP contribution in [0, 0.1) is 0 Å². The molecule has 1 aromatic carbocycles. The molecule has 18 heavy (non-hydrogen) atoms. The van der Waals surface area contributed by atoms with Crippen molar-refractivity contribution in [3.05, 3.63) is 18.2 Å². The van der Waals surface area contributed by atoms with E-state index in [0.29, 0.717) is 29.4 Å². The minimum atomic E-state index is 0.234. The largest absolute Gasteiger partial charge is 0.423 e. The highest BCUT2D eigenvalue weighted by Gasteiger charge is 2.11. The molecule has 2 rings (SSSR count). The van der Waals surface area contributed by atoms with Crippen LogP contribution in [0.5, 0.6) is 0 Å². The number of ether oxygens (including phenoxy) is 1. The van der Waals surface area contributed by atoms with Crippen LogP contribution in [0.2, 0.25) is 0 Å². The molecule has 0 radical (unpaired) electrons. The Morgan fingerprint density at radius 3 is 2.89 bits per heavy atom. The first kappa shape index (κ1) is 12.7. The molecular formula is C13H19N3O2. The van der Waals surface area contributed by atoms with Crippen LogP contribution in [-0.2, 0) is 4.74 Å². The fraction of sp³-hybridized carbons (Fsp3) is 0.462. The van der Waals surface area contributed by atoms with Crippen molar-refractivity contribution >= 4 is 22.8 Å². The summed E-state index contributed by atoms with van der Waals surface area (Å²) >= 11 is 0. The third kappa shape index (κ3) is 2.73. The third-order valence-corrected chi connectivity index (χ3v) is 2.64. The van der Waals surface area contributed by atoms with Gasteiger partial charge in [-0.15, -0.1) is 0 Å². The molecule has 0 fully saturated rings. The Morgan fingerprint density at radius 2 is 2.22 bits per heavy atom. The lowest BCUT2D eigenvalue weighted by Crippen LogP contribution is -2.24. The summed E-state index contributed by atoms with van der Waals surface area (Å²) in [6.45, 7) is 5.40. The first-order valence-electron chi connectivity index (χ1n) is 6.05. The first-order chi connectivity index (χ1) is 8.58. The molecule has 2 N–H and O–H groups in total. The van der Waals surface area contributed by atoms with Gasteiger partial charge >= 0.3 is 0 Å². The number of hydrogen-bond donors (Lipinski definition) is 1. The van der Waals surface area contributed by atoms with Crippen LogP contribution >= 0.6 is 0 Å². The van der Waals surface area contributed by atoms with Gasteiger partial charge in [-0.3, -0.25) is 0 Å². The molecule has 1 aromatic heterocycles. The number of para-hydroxylation sites is 1. The van der Waals surface area contributed by atoms with E-state index in [1.54, 1.807) is 0 Å². The van der Waals surface area contributed by atoms with Crippen molar-refractivity contribution in [3.63, 3.8) is 0 Å². The Bertz CT molecular complexity index is 522. The predicted molar refractivity (Wildman–Crippen MR) is 72.8 cm³/mol. The van der Waals surface area contributed by atoms with E-state index in [0.717, 1.165) is 6.54 Å². The molecule has 0 atom stereocenters. The second-order valence-corrected chi connectivity index (χ2v) is 4.53. The van der Waals surface area contributed by atoms with Crippen molar-refractivity contribution in [3.8, 4) is 0 Å². The van der Waals surface area contributed by atoms with Crippen LogP contribution in [0.15, 0.2) is 22.6 Å². The maximum Gasteiger partial charge on any atom is 0.298 e. The minimum absolute atomic E-state index is 0.234. The molecule has 98 valence electrons. The van der Waals surface area contributed by atoms with Gasteiger partial charge in [0.2, 0.25) is 0 Å². The van der Waals surface area contributed by atoms with Gasteiger partial charge in [-0.1, -0.05) is 6.07 Å². The highest BCUT2D eigenvalue weighted by atomic mass is 16.5. The van der Waals surface area contributed by atoms with E-state index in [9.17, 15) is 0 Å². The Kier molecular flexibility index (Phi) is 3.72. The number of aromatic nitrogens is 1. The second-order valence-electron chi connectivity index (χ2n) is 4.53. The monoisotopic (exact) mass is 249 g/mol. The maximum absolute atomic E-state index is 5.84. The summed E-state index contributed by atoms with van der Waals surface area (Å²) in [6, 6.07) is 6.10. The van der Waals surface area contributed by atoms with Crippen LogP contribution in [0.1, 0.15) is 13.8 Å². The molecule has 2 aromatic rings. The zero-order valence-corrected chi connectivity index (χ0v) is 11.0. The van der Waals surface area contributed by atoms with Gasteiger partial charge in [-0.05, 0) is 26.0 Å². The van der Waals surface area contributed by atoms with Crippen molar-refractivity contribution < 1.29 is 9.15 Å². The second kappa shape index (κ2) is 5.27. The molecule has 5 heteroatoms. The summed E-state index contributed by atoms with van der Waals surface area (Å²) in [5.74, 6) is 0. The van der Waals surface area contributed by atoms with Gasteiger partial charge < -0.3 is 19.8 Å². The smallest absolute Gasteiger partial charge is 0.298 e. The number of likely N-dealkylation sites (N-methyl/N-ethyl adjacent to an activating group) is 1. The Labute approximate surface area is 107 Å². The molecule has 0 aliphatic heterocycles. The van der Waals surface area contributed by atoms with Gasteiger partial charge in [0.15, 0.2) is 5.58 Å². The molecule has 0 unspecified atom stereocenters. The van der Waals surface area contributed by atoms with E-state index in [4.69, 9.17) is 14.9 Å². The van der Waals surface area contributed by atoms with Crippen molar-refractivity contribution in [2.45, 2.75) is 20.0 Å². The highest BCUT2D eigenvalue weighted by Crippen LogP contribution is 2.25. The van der Waals surface area contributed by atoms with E-state index in [2.05, 4.69) is 4.98 Å². The molecule has 0 saturated carbocycles. The number of rotatable bonds is 5. The van der Waals surface area contributed by atoms with E-state index in [1.165, 1.54) is 0 Å². The normalized spacial score (nSPS) is 11.3. The highest BCUT2D eigenvalue weighted by molar-refractivity contribution is 5.86. The van der Waals surface area contributed by atoms with Crippen molar-refractivity contribution in [1.29, 1.82) is 0 Å². The fourth-order valence-electron chi connectivity index (χ4n) is 1.64. The number of anilines is 2. The Hall–Kier alpha value is -1.75. The van der Waals surface area contributed by atoms with Gasteiger partial charge in [0.25, 0.3) is 6.01 Å². The van der Waals surface area contributed by atoms with Crippen LogP contribution in [0.4, 0.5) is 11.7 Å². The Balaban J connectivity index is 2.08. The van der Waals surface area contributed by atoms with Gasteiger partial charge in [-0.2, -0.15) is 4.98 Å². The Morgan fingerprint density at radius 1 is 1.44 bits per heavy atom. The zero-order chi connectivity index (χ0) is 13.1. The number of benzene rings is 1. The van der Waals surface area contributed by atoms with Crippen molar-refractivity contribution in [2.75, 3.05) is 30.8 Å². The number of oxazole rings is 1. The van der Waals surface area contributed by atoms with Crippen LogP contribution in [0.3, 0.4) is 0 Å². The zero-order valence-electron chi connectivity index (χ0n) is 11.0. The van der Waals surface area contributed by atoms with Crippen molar-refractivity contribution in [2.24, 2.45) is 0 Å². The van der Waals surface area contributed by atoms with Gasteiger partial charge in [0.05, 0.1) is 18.4 Å². The topological polar surface area (TPSA) is 64.5 Å². The number of nitrogens with zero attached hydrogens (tertiary/aromatic N) is 2. The van der Waals surface area contributed by atoms with Crippen molar-refractivity contribution in [1.82, 2.24) is 4.98 Å². The van der Waals surface area contributed by atoms with Crippen LogP contribution in [-0.4, -0.2) is 31.3 Å². The number of nitrogen functional groups attached to an aromatic ring is 1. The number of hydrogen-bond acceptors (Lipinski definition) is 5. The molecule has 0 spiro atoms. The van der Waals surface area contributed by atoms with E-state index in [1.807, 2.05) is 44.0 Å². The van der Waals surface area contributed by atoms with E-state index >= 15 is 0 Å². The molecule has 0 bridgehead atoms. The summed E-state index contributed by atoms with van der Waals surface area (Å²) < 4.78 is 11.1. The summed E-state index contributed by atoms with van der Waals surface area (Å²) in [6.07, 6.45) is 0.234.